The minimum Gasteiger partial charge on any atom is -0.508 e. The number of fused-ring (bicyclic) bond motifs is 1. The predicted molar refractivity (Wildman–Crippen MR) is 59.4 cm³/mol. The van der Waals surface area contributed by atoms with Crippen LogP contribution >= 0.6 is 0 Å². The van der Waals surface area contributed by atoms with Crippen LogP contribution in [0.4, 0.5) is 0 Å². The molecule has 0 radical (unpaired) electrons. The number of rotatable bonds is 2. The largest absolute Gasteiger partial charge is 0.508 e. The van der Waals surface area contributed by atoms with Gasteiger partial charge in [-0.3, -0.25) is 4.79 Å². The minimum atomic E-state index is 0.188. The highest BCUT2D eigenvalue weighted by atomic mass is 16.3. The third-order valence-corrected chi connectivity index (χ3v) is 3.13. The smallest absolute Gasteiger partial charge is 0.162 e. The van der Waals surface area contributed by atoms with Gasteiger partial charge in [-0.2, -0.15) is 0 Å². The van der Waals surface area contributed by atoms with Gasteiger partial charge < -0.3 is 5.11 Å². The first kappa shape index (κ1) is 10.2. The Morgan fingerprint density at radius 1 is 1.27 bits per heavy atom. The van der Waals surface area contributed by atoms with E-state index in [0.717, 1.165) is 42.4 Å². The van der Waals surface area contributed by atoms with Crippen LogP contribution in [0.15, 0.2) is 12.1 Å². The number of phenols is 1. The number of hydrogen-bond donors (Lipinski definition) is 1. The molecular weight excluding hydrogens is 188 g/mol. The van der Waals surface area contributed by atoms with Crippen LogP contribution in [0.3, 0.4) is 0 Å². The van der Waals surface area contributed by atoms with E-state index in [2.05, 4.69) is 0 Å². The zero-order chi connectivity index (χ0) is 10.8. The number of aromatic hydroxyl groups is 1. The molecule has 1 aliphatic rings. The van der Waals surface area contributed by atoms with E-state index in [1.165, 1.54) is 0 Å². The number of hydrogen-bond acceptors (Lipinski definition) is 2. The Balaban J connectivity index is 2.52. The van der Waals surface area contributed by atoms with Crippen molar-refractivity contribution < 1.29 is 9.90 Å². The van der Waals surface area contributed by atoms with E-state index in [1.807, 2.05) is 6.92 Å². The van der Waals surface area contributed by atoms with Gasteiger partial charge in [-0.15, -0.1) is 0 Å². The van der Waals surface area contributed by atoms with Crippen LogP contribution < -0.4 is 0 Å². The summed E-state index contributed by atoms with van der Waals surface area (Å²) in [4.78, 5) is 11.7. The molecule has 0 amide bonds. The average molecular weight is 204 g/mol. The molecule has 1 aliphatic carbocycles. The summed E-state index contributed by atoms with van der Waals surface area (Å²) in [5.74, 6) is 0.547. The van der Waals surface area contributed by atoms with Gasteiger partial charge in [0.15, 0.2) is 5.78 Å². The Morgan fingerprint density at radius 2 is 1.93 bits per heavy atom. The number of benzene rings is 1. The lowest BCUT2D eigenvalue weighted by Gasteiger charge is -2.19. The predicted octanol–water partition coefficient (Wildman–Crippen LogP) is 2.86. The Labute approximate surface area is 89.9 Å². The number of ketones is 1. The lowest BCUT2D eigenvalue weighted by molar-refractivity contribution is 0.0987. The summed E-state index contributed by atoms with van der Waals surface area (Å²) in [6.07, 6.45) is 4.62. The summed E-state index contributed by atoms with van der Waals surface area (Å²) in [7, 11) is 0. The zero-order valence-corrected chi connectivity index (χ0v) is 9.05. The molecule has 0 saturated heterocycles. The Kier molecular flexibility index (Phi) is 2.76. The highest BCUT2D eigenvalue weighted by Gasteiger charge is 2.19. The van der Waals surface area contributed by atoms with E-state index in [-0.39, 0.29) is 5.78 Å². The van der Waals surface area contributed by atoms with Crippen molar-refractivity contribution in [2.24, 2.45) is 0 Å². The summed E-state index contributed by atoms with van der Waals surface area (Å²) >= 11 is 0. The highest BCUT2D eigenvalue weighted by Crippen LogP contribution is 2.31. The minimum absolute atomic E-state index is 0.188. The Hall–Kier alpha value is -1.31. The van der Waals surface area contributed by atoms with Gasteiger partial charge in [-0.05, 0) is 48.9 Å². The SMILES string of the molecule is CCC(=O)c1ccc(O)c2c1CCCC2. The van der Waals surface area contributed by atoms with E-state index < -0.39 is 0 Å². The van der Waals surface area contributed by atoms with Crippen molar-refractivity contribution in [3.8, 4) is 5.75 Å². The monoisotopic (exact) mass is 204 g/mol. The van der Waals surface area contributed by atoms with Gasteiger partial charge in [0.2, 0.25) is 0 Å². The van der Waals surface area contributed by atoms with Gasteiger partial charge in [0, 0.05) is 12.0 Å². The number of carbonyl (C=O) groups is 1. The second kappa shape index (κ2) is 4.05. The first-order valence-electron chi connectivity index (χ1n) is 5.61. The molecule has 0 saturated carbocycles. The maximum atomic E-state index is 11.7. The van der Waals surface area contributed by atoms with Gasteiger partial charge in [0.05, 0.1) is 0 Å². The first-order valence-corrected chi connectivity index (χ1v) is 5.61. The van der Waals surface area contributed by atoms with E-state index in [9.17, 15) is 9.90 Å². The van der Waals surface area contributed by atoms with Crippen molar-refractivity contribution >= 4 is 5.78 Å². The molecule has 0 spiro atoms. The normalized spacial score (nSPS) is 14.7. The molecule has 0 bridgehead atoms. The molecule has 0 atom stereocenters. The van der Waals surface area contributed by atoms with Crippen molar-refractivity contribution in [3.05, 3.63) is 28.8 Å². The molecule has 15 heavy (non-hydrogen) atoms. The van der Waals surface area contributed by atoms with Crippen LogP contribution in [-0.4, -0.2) is 10.9 Å². The van der Waals surface area contributed by atoms with Gasteiger partial charge in [0.1, 0.15) is 5.75 Å². The quantitative estimate of drug-likeness (QED) is 0.752. The van der Waals surface area contributed by atoms with Crippen LogP contribution in [-0.2, 0) is 12.8 Å². The maximum absolute atomic E-state index is 11.7. The highest BCUT2D eigenvalue weighted by molar-refractivity contribution is 5.97. The van der Waals surface area contributed by atoms with Crippen LogP contribution in [0.25, 0.3) is 0 Å². The molecule has 0 aromatic heterocycles. The molecule has 80 valence electrons. The fourth-order valence-corrected chi connectivity index (χ4v) is 2.30. The standard InChI is InChI=1S/C13H16O2/c1-2-12(14)11-7-8-13(15)10-6-4-3-5-9(10)11/h7-8,15H,2-6H2,1H3. The van der Waals surface area contributed by atoms with Gasteiger partial charge in [-0.25, -0.2) is 0 Å². The topological polar surface area (TPSA) is 37.3 Å². The van der Waals surface area contributed by atoms with Crippen molar-refractivity contribution in [2.75, 3.05) is 0 Å². The van der Waals surface area contributed by atoms with Gasteiger partial charge in [-0.1, -0.05) is 6.92 Å². The Morgan fingerprint density at radius 3 is 2.60 bits per heavy atom. The summed E-state index contributed by atoms with van der Waals surface area (Å²) in [5.41, 5.74) is 2.92. The second-order valence-electron chi connectivity index (χ2n) is 4.07. The van der Waals surface area contributed by atoms with Crippen LogP contribution in [0.2, 0.25) is 0 Å². The summed E-state index contributed by atoms with van der Waals surface area (Å²) < 4.78 is 0. The van der Waals surface area contributed by atoms with Crippen LogP contribution in [0.5, 0.6) is 5.75 Å². The van der Waals surface area contributed by atoms with E-state index in [4.69, 9.17) is 0 Å². The first-order chi connectivity index (χ1) is 7.24. The molecule has 0 aliphatic heterocycles. The maximum Gasteiger partial charge on any atom is 0.162 e. The summed E-state index contributed by atoms with van der Waals surface area (Å²) in [6, 6.07) is 3.43. The third-order valence-electron chi connectivity index (χ3n) is 3.13. The van der Waals surface area contributed by atoms with Crippen molar-refractivity contribution in [1.82, 2.24) is 0 Å². The van der Waals surface area contributed by atoms with E-state index in [0.29, 0.717) is 12.2 Å². The lowest BCUT2D eigenvalue weighted by atomic mass is 9.86. The fourth-order valence-electron chi connectivity index (χ4n) is 2.30. The summed E-state index contributed by atoms with van der Waals surface area (Å²) in [6.45, 7) is 1.88. The average Bonchev–Trinajstić information content (AvgIpc) is 2.29. The third kappa shape index (κ3) is 1.76. The molecular formula is C13H16O2. The lowest BCUT2D eigenvalue weighted by Crippen LogP contribution is -2.10. The molecule has 2 nitrogen and oxygen atoms in total. The molecule has 0 fully saturated rings. The summed E-state index contributed by atoms with van der Waals surface area (Å²) in [5, 5.41) is 9.72. The van der Waals surface area contributed by atoms with E-state index in [1.54, 1.807) is 12.1 Å². The molecule has 2 heteroatoms. The molecule has 1 aromatic carbocycles. The van der Waals surface area contributed by atoms with Crippen LogP contribution in [0, 0.1) is 0 Å². The molecule has 0 unspecified atom stereocenters. The second-order valence-corrected chi connectivity index (χ2v) is 4.07. The van der Waals surface area contributed by atoms with Crippen molar-refractivity contribution in [3.63, 3.8) is 0 Å². The molecule has 2 rings (SSSR count). The molecule has 1 aromatic rings. The van der Waals surface area contributed by atoms with Crippen LogP contribution in [0.1, 0.15) is 47.7 Å². The van der Waals surface area contributed by atoms with Gasteiger partial charge in [0.25, 0.3) is 0 Å². The van der Waals surface area contributed by atoms with E-state index >= 15 is 0 Å². The number of Topliss-reactive ketones (excluding diaryl/α,β-unsaturated/α-hetero) is 1. The Bertz CT molecular complexity index is 394. The van der Waals surface area contributed by atoms with Gasteiger partial charge >= 0.3 is 0 Å². The van der Waals surface area contributed by atoms with Crippen molar-refractivity contribution in [1.29, 1.82) is 0 Å². The number of carbonyl (C=O) groups excluding carboxylic acids is 1. The van der Waals surface area contributed by atoms with Crippen molar-refractivity contribution in [2.45, 2.75) is 39.0 Å². The fraction of sp³-hybridized carbons (Fsp3) is 0.462. The zero-order valence-electron chi connectivity index (χ0n) is 9.05. The molecule has 0 heterocycles. The molecule has 1 N–H and O–H groups in total. The number of phenolic OH excluding ortho intramolecular Hbond substituents is 1.